The molecule has 2 aromatic rings. The predicted molar refractivity (Wildman–Crippen MR) is 78.3 cm³/mol. The van der Waals surface area contributed by atoms with Crippen LogP contribution in [0.3, 0.4) is 0 Å². The lowest BCUT2D eigenvalue weighted by Crippen LogP contribution is -2.14. The standard InChI is InChI=1S/C15H17N3O3/c1-10(2)18-8-7-13(17-18)15(21)16-12-5-3-11(4-6-12)9-14(19)20/h3-8,10H,9H2,1-2H3,(H,16,21)(H,19,20). The minimum Gasteiger partial charge on any atom is -0.481 e. The molecule has 2 rings (SSSR count). The highest BCUT2D eigenvalue weighted by Gasteiger charge is 2.11. The molecule has 1 aromatic carbocycles. The molecule has 0 fully saturated rings. The zero-order chi connectivity index (χ0) is 15.4. The molecule has 2 N–H and O–H groups in total. The van der Waals surface area contributed by atoms with Crippen molar-refractivity contribution in [3.63, 3.8) is 0 Å². The minimum atomic E-state index is -0.883. The maximum atomic E-state index is 12.0. The fourth-order valence-electron chi connectivity index (χ4n) is 1.82. The van der Waals surface area contributed by atoms with Crippen molar-refractivity contribution in [2.75, 3.05) is 5.32 Å². The molecule has 0 saturated carbocycles. The third kappa shape index (κ3) is 3.92. The highest BCUT2D eigenvalue weighted by molar-refractivity contribution is 6.02. The zero-order valence-electron chi connectivity index (χ0n) is 11.9. The van der Waals surface area contributed by atoms with Crippen molar-refractivity contribution in [3.05, 3.63) is 47.8 Å². The summed E-state index contributed by atoms with van der Waals surface area (Å²) in [5.74, 6) is -1.17. The number of rotatable bonds is 5. The molecule has 1 heterocycles. The van der Waals surface area contributed by atoms with Crippen LogP contribution in [0.15, 0.2) is 36.5 Å². The number of amides is 1. The lowest BCUT2D eigenvalue weighted by atomic mass is 10.1. The van der Waals surface area contributed by atoms with E-state index < -0.39 is 5.97 Å². The Morgan fingerprint density at radius 2 is 1.90 bits per heavy atom. The Morgan fingerprint density at radius 1 is 1.24 bits per heavy atom. The van der Waals surface area contributed by atoms with Gasteiger partial charge in [-0.2, -0.15) is 5.10 Å². The number of hydrogen-bond donors (Lipinski definition) is 2. The van der Waals surface area contributed by atoms with Crippen LogP contribution in [0.5, 0.6) is 0 Å². The molecule has 110 valence electrons. The summed E-state index contributed by atoms with van der Waals surface area (Å²) in [6, 6.07) is 8.56. The van der Waals surface area contributed by atoms with E-state index >= 15 is 0 Å². The van der Waals surface area contributed by atoms with Crippen molar-refractivity contribution in [3.8, 4) is 0 Å². The number of carboxylic acid groups (broad SMARTS) is 1. The van der Waals surface area contributed by atoms with Crippen LogP contribution in [0.1, 0.15) is 35.9 Å². The second-order valence-corrected chi connectivity index (χ2v) is 5.00. The van der Waals surface area contributed by atoms with Crippen molar-refractivity contribution in [1.82, 2.24) is 9.78 Å². The predicted octanol–water partition coefficient (Wildman–Crippen LogP) is 2.34. The van der Waals surface area contributed by atoms with Gasteiger partial charge in [-0.3, -0.25) is 14.3 Å². The fourth-order valence-corrected chi connectivity index (χ4v) is 1.82. The Bertz CT molecular complexity index is 644. The van der Waals surface area contributed by atoms with Crippen LogP contribution in [0.25, 0.3) is 0 Å². The Hall–Kier alpha value is -2.63. The van der Waals surface area contributed by atoms with Gasteiger partial charge in [0.25, 0.3) is 5.91 Å². The van der Waals surface area contributed by atoms with E-state index in [0.29, 0.717) is 16.9 Å². The Kier molecular flexibility index (Phi) is 4.37. The first-order valence-electron chi connectivity index (χ1n) is 6.63. The number of nitrogens with one attached hydrogen (secondary N) is 1. The molecule has 0 spiro atoms. The third-order valence-electron chi connectivity index (χ3n) is 2.94. The number of aliphatic carboxylic acids is 1. The van der Waals surface area contributed by atoms with Crippen LogP contribution in [-0.2, 0) is 11.2 Å². The molecular weight excluding hydrogens is 270 g/mol. The van der Waals surface area contributed by atoms with Gasteiger partial charge in [0.05, 0.1) is 6.42 Å². The summed E-state index contributed by atoms with van der Waals surface area (Å²) in [4.78, 5) is 22.6. The molecule has 0 atom stereocenters. The molecular formula is C15H17N3O3. The summed E-state index contributed by atoms with van der Waals surface area (Å²) >= 11 is 0. The summed E-state index contributed by atoms with van der Waals surface area (Å²) in [6.07, 6.45) is 1.72. The highest BCUT2D eigenvalue weighted by atomic mass is 16.4. The van der Waals surface area contributed by atoms with Crippen LogP contribution in [0.2, 0.25) is 0 Å². The van der Waals surface area contributed by atoms with Crippen molar-refractivity contribution in [2.45, 2.75) is 26.3 Å². The molecule has 6 nitrogen and oxygen atoms in total. The molecule has 0 aliphatic heterocycles. The number of aromatic nitrogens is 2. The second-order valence-electron chi connectivity index (χ2n) is 5.00. The van der Waals surface area contributed by atoms with Gasteiger partial charge in [-0.05, 0) is 37.6 Å². The van der Waals surface area contributed by atoms with Crippen molar-refractivity contribution in [1.29, 1.82) is 0 Å². The minimum absolute atomic E-state index is 0.0347. The van der Waals surface area contributed by atoms with E-state index in [9.17, 15) is 9.59 Å². The Balaban J connectivity index is 2.03. The molecule has 21 heavy (non-hydrogen) atoms. The number of hydrogen-bond acceptors (Lipinski definition) is 3. The quantitative estimate of drug-likeness (QED) is 0.884. The number of nitrogens with zero attached hydrogens (tertiary/aromatic N) is 2. The lowest BCUT2D eigenvalue weighted by molar-refractivity contribution is -0.136. The summed E-state index contributed by atoms with van der Waals surface area (Å²) in [7, 11) is 0. The average molecular weight is 287 g/mol. The summed E-state index contributed by atoms with van der Waals surface area (Å²) in [6.45, 7) is 3.96. The molecule has 0 aliphatic carbocycles. The maximum Gasteiger partial charge on any atom is 0.307 e. The van der Waals surface area contributed by atoms with Crippen LogP contribution < -0.4 is 5.32 Å². The summed E-state index contributed by atoms with van der Waals surface area (Å²) in [5, 5.41) is 15.6. The first kappa shape index (κ1) is 14.8. The zero-order valence-corrected chi connectivity index (χ0v) is 11.9. The van der Waals surface area contributed by atoms with Gasteiger partial charge >= 0.3 is 5.97 Å². The first-order chi connectivity index (χ1) is 9.95. The number of benzene rings is 1. The molecule has 0 aliphatic rings. The van der Waals surface area contributed by atoms with Crippen LogP contribution in [0.4, 0.5) is 5.69 Å². The molecule has 1 aromatic heterocycles. The molecule has 0 unspecified atom stereocenters. The van der Waals surface area contributed by atoms with Gasteiger partial charge in [0.15, 0.2) is 5.69 Å². The molecule has 0 radical (unpaired) electrons. The van der Waals surface area contributed by atoms with Gasteiger partial charge in [-0.1, -0.05) is 12.1 Å². The Morgan fingerprint density at radius 3 is 2.43 bits per heavy atom. The van der Waals surface area contributed by atoms with Crippen LogP contribution in [-0.4, -0.2) is 26.8 Å². The monoisotopic (exact) mass is 287 g/mol. The largest absolute Gasteiger partial charge is 0.481 e. The molecule has 6 heteroatoms. The van der Waals surface area contributed by atoms with Crippen molar-refractivity contribution < 1.29 is 14.7 Å². The summed E-state index contributed by atoms with van der Waals surface area (Å²) in [5.41, 5.74) is 1.64. The van der Waals surface area contributed by atoms with E-state index in [1.54, 1.807) is 41.2 Å². The number of carbonyl (C=O) groups excluding carboxylic acids is 1. The number of carboxylic acids is 1. The Labute approximate surface area is 122 Å². The third-order valence-corrected chi connectivity index (χ3v) is 2.94. The maximum absolute atomic E-state index is 12.0. The molecule has 0 bridgehead atoms. The van der Waals surface area contributed by atoms with E-state index in [-0.39, 0.29) is 18.4 Å². The van der Waals surface area contributed by atoms with E-state index in [4.69, 9.17) is 5.11 Å². The fraction of sp³-hybridized carbons (Fsp3) is 0.267. The van der Waals surface area contributed by atoms with Gasteiger partial charge in [-0.15, -0.1) is 0 Å². The van der Waals surface area contributed by atoms with Gasteiger partial charge in [0, 0.05) is 17.9 Å². The number of anilines is 1. The van der Waals surface area contributed by atoms with Gasteiger partial charge < -0.3 is 10.4 Å². The average Bonchev–Trinajstić information content (AvgIpc) is 2.90. The molecule has 0 saturated heterocycles. The van der Waals surface area contributed by atoms with Crippen molar-refractivity contribution >= 4 is 17.6 Å². The normalized spacial score (nSPS) is 10.6. The van der Waals surface area contributed by atoms with Crippen LogP contribution >= 0.6 is 0 Å². The van der Waals surface area contributed by atoms with Gasteiger partial charge in [0.2, 0.25) is 0 Å². The summed E-state index contributed by atoms with van der Waals surface area (Å²) < 4.78 is 1.71. The van der Waals surface area contributed by atoms with Crippen molar-refractivity contribution in [2.24, 2.45) is 0 Å². The van der Waals surface area contributed by atoms with E-state index in [2.05, 4.69) is 10.4 Å². The molecule has 1 amide bonds. The van der Waals surface area contributed by atoms with Crippen LogP contribution in [0, 0.1) is 0 Å². The number of carbonyl (C=O) groups is 2. The lowest BCUT2D eigenvalue weighted by Gasteiger charge is -2.05. The smallest absolute Gasteiger partial charge is 0.307 e. The highest BCUT2D eigenvalue weighted by Crippen LogP contribution is 2.12. The van der Waals surface area contributed by atoms with Gasteiger partial charge in [0.1, 0.15) is 0 Å². The first-order valence-corrected chi connectivity index (χ1v) is 6.63. The van der Waals surface area contributed by atoms with E-state index in [0.717, 1.165) is 0 Å². The topological polar surface area (TPSA) is 84.2 Å². The van der Waals surface area contributed by atoms with Gasteiger partial charge in [-0.25, -0.2) is 0 Å². The second kappa shape index (κ2) is 6.21. The van der Waals surface area contributed by atoms with E-state index in [1.807, 2.05) is 13.8 Å². The SMILES string of the molecule is CC(C)n1ccc(C(=O)Nc2ccc(CC(=O)O)cc2)n1. The van der Waals surface area contributed by atoms with E-state index in [1.165, 1.54) is 0 Å².